The number of halogens is 2. The van der Waals surface area contributed by atoms with Gasteiger partial charge in [-0.05, 0) is 50.1 Å². The third kappa shape index (κ3) is 2.11. The highest BCUT2D eigenvalue weighted by molar-refractivity contribution is 6.42. The van der Waals surface area contributed by atoms with Crippen LogP contribution in [0, 0.1) is 5.41 Å². The predicted molar refractivity (Wildman–Crippen MR) is 82.5 cm³/mol. The molecule has 1 aromatic carbocycles. The van der Waals surface area contributed by atoms with E-state index < -0.39 is 0 Å². The van der Waals surface area contributed by atoms with Gasteiger partial charge in [-0.15, -0.1) is 0 Å². The molecule has 1 aliphatic carbocycles. The van der Waals surface area contributed by atoms with Crippen LogP contribution in [0.3, 0.4) is 0 Å². The second kappa shape index (κ2) is 4.87. The first kappa shape index (κ1) is 14.1. The summed E-state index contributed by atoms with van der Waals surface area (Å²) in [7, 11) is 0. The van der Waals surface area contributed by atoms with Crippen molar-refractivity contribution in [1.82, 2.24) is 5.32 Å². The first-order chi connectivity index (χ1) is 9.49. The average molecular weight is 310 g/mol. The molecule has 2 nitrogen and oxygen atoms in total. The van der Waals surface area contributed by atoms with Crippen molar-refractivity contribution >= 4 is 29.0 Å². The Morgan fingerprint density at radius 1 is 1.35 bits per heavy atom. The van der Waals surface area contributed by atoms with E-state index in [0.717, 1.165) is 25.9 Å². The van der Waals surface area contributed by atoms with Gasteiger partial charge in [-0.25, -0.2) is 0 Å². The van der Waals surface area contributed by atoms with Gasteiger partial charge in [-0.2, -0.15) is 0 Å². The van der Waals surface area contributed by atoms with Crippen LogP contribution in [0.5, 0.6) is 0 Å². The van der Waals surface area contributed by atoms with Gasteiger partial charge in [-0.1, -0.05) is 35.3 Å². The highest BCUT2D eigenvalue weighted by Crippen LogP contribution is 2.68. The number of carbonyl (C=O) groups excluding carboxylic acids is 1. The standard InChI is InChI=1S/C16H17Cl2NO/c1-11(20)4-5-15-9-16(15,6-7-19-10-15)12-2-3-13(17)14(18)8-12/h2-5,8,19H,6-7,9-10H2,1H3/b5-4+/t15-,16-/m0/s1. The summed E-state index contributed by atoms with van der Waals surface area (Å²) in [6.45, 7) is 3.50. The fraction of sp³-hybridized carbons (Fsp3) is 0.438. The van der Waals surface area contributed by atoms with Gasteiger partial charge in [0.2, 0.25) is 0 Å². The van der Waals surface area contributed by atoms with E-state index in [-0.39, 0.29) is 16.6 Å². The van der Waals surface area contributed by atoms with Crippen LogP contribution in [-0.2, 0) is 10.2 Å². The predicted octanol–water partition coefficient (Wildman–Crippen LogP) is 3.76. The number of hydrogen-bond acceptors (Lipinski definition) is 2. The maximum atomic E-state index is 11.2. The minimum atomic E-state index is 0.0497. The number of benzene rings is 1. The largest absolute Gasteiger partial charge is 0.316 e. The second-order valence-electron chi connectivity index (χ2n) is 5.91. The molecule has 1 saturated heterocycles. The Bertz CT molecular complexity index is 598. The van der Waals surface area contributed by atoms with Crippen molar-refractivity contribution < 1.29 is 4.79 Å². The lowest BCUT2D eigenvalue weighted by atomic mass is 9.80. The van der Waals surface area contributed by atoms with Crippen LogP contribution < -0.4 is 5.32 Å². The minimum absolute atomic E-state index is 0.0497. The summed E-state index contributed by atoms with van der Waals surface area (Å²) in [5.74, 6) is 0.0971. The molecule has 3 rings (SSSR count). The SMILES string of the molecule is CC(=O)/C=C/[C@]12CNCC[C@@]1(c1ccc(Cl)c(Cl)c1)C2. The summed E-state index contributed by atoms with van der Waals surface area (Å²) in [4.78, 5) is 11.2. The van der Waals surface area contributed by atoms with Crippen LogP contribution in [0.25, 0.3) is 0 Å². The van der Waals surface area contributed by atoms with Crippen molar-refractivity contribution in [3.63, 3.8) is 0 Å². The molecule has 1 aromatic rings. The van der Waals surface area contributed by atoms with Crippen molar-refractivity contribution in [3.8, 4) is 0 Å². The molecular formula is C16H17Cl2NO. The molecule has 0 amide bonds. The normalized spacial score (nSPS) is 32.1. The first-order valence-corrected chi connectivity index (χ1v) is 7.61. The first-order valence-electron chi connectivity index (χ1n) is 6.85. The Balaban J connectivity index is 1.98. The number of piperidine rings is 1. The van der Waals surface area contributed by atoms with E-state index >= 15 is 0 Å². The molecule has 2 atom stereocenters. The Kier molecular flexibility index (Phi) is 3.44. The molecule has 1 N–H and O–H groups in total. The number of allylic oxidation sites excluding steroid dienone is 1. The Morgan fingerprint density at radius 2 is 2.15 bits per heavy atom. The number of hydrogen-bond donors (Lipinski definition) is 1. The van der Waals surface area contributed by atoms with E-state index in [9.17, 15) is 4.79 Å². The van der Waals surface area contributed by atoms with E-state index in [1.165, 1.54) is 5.56 Å². The lowest BCUT2D eigenvalue weighted by Crippen LogP contribution is -2.37. The molecule has 0 radical (unpaired) electrons. The van der Waals surface area contributed by atoms with E-state index in [2.05, 4.69) is 17.5 Å². The van der Waals surface area contributed by atoms with E-state index in [1.807, 2.05) is 12.1 Å². The fourth-order valence-electron chi connectivity index (χ4n) is 3.56. The van der Waals surface area contributed by atoms with Gasteiger partial charge < -0.3 is 5.32 Å². The summed E-state index contributed by atoms with van der Waals surface area (Å²) in [6, 6.07) is 5.93. The molecule has 1 heterocycles. The number of rotatable bonds is 3. The van der Waals surface area contributed by atoms with Crippen molar-refractivity contribution in [2.45, 2.75) is 25.2 Å². The Morgan fingerprint density at radius 3 is 2.85 bits per heavy atom. The quantitative estimate of drug-likeness (QED) is 0.861. The lowest BCUT2D eigenvalue weighted by molar-refractivity contribution is -0.112. The van der Waals surface area contributed by atoms with Crippen LogP contribution in [0.1, 0.15) is 25.3 Å². The number of carbonyl (C=O) groups is 1. The number of fused-ring (bicyclic) bond motifs is 1. The summed E-state index contributed by atoms with van der Waals surface area (Å²) >= 11 is 12.2. The minimum Gasteiger partial charge on any atom is -0.316 e. The average Bonchev–Trinajstić information content (AvgIpc) is 3.10. The van der Waals surface area contributed by atoms with Crippen molar-refractivity contribution in [3.05, 3.63) is 46.0 Å². The molecule has 0 bridgehead atoms. The zero-order valence-electron chi connectivity index (χ0n) is 11.4. The zero-order valence-corrected chi connectivity index (χ0v) is 12.9. The Labute approximate surface area is 129 Å². The molecule has 4 heteroatoms. The highest BCUT2D eigenvalue weighted by atomic mass is 35.5. The number of ketones is 1. The molecule has 0 unspecified atom stereocenters. The van der Waals surface area contributed by atoms with Crippen molar-refractivity contribution in [1.29, 1.82) is 0 Å². The van der Waals surface area contributed by atoms with Crippen LogP contribution >= 0.6 is 23.2 Å². The molecule has 1 saturated carbocycles. The van der Waals surface area contributed by atoms with Gasteiger partial charge in [0.05, 0.1) is 10.0 Å². The van der Waals surface area contributed by atoms with E-state index in [4.69, 9.17) is 23.2 Å². The smallest absolute Gasteiger partial charge is 0.152 e. The summed E-state index contributed by atoms with van der Waals surface area (Å²) in [5.41, 5.74) is 1.40. The Hall–Kier alpha value is -0.830. The summed E-state index contributed by atoms with van der Waals surface area (Å²) < 4.78 is 0. The van der Waals surface area contributed by atoms with Gasteiger partial charge in [0.1, 0.15) is 0 Å². The lowest BCUT2D eigenvalue weighted by Gasteiger charge is -2.30. The molecule has 1 aliphatic heterocycles. The fourth-order valence-corrected chi connectivity index (χ4v) is 3.86. The summed E-state index contributed by atoms with van der Waals surface area (Å²) in [6.07, 6.45) is 5.91. The molecular weight excluding hydrogens is 293 g/mol. The van der Waals surface area contributed by atoms with Crippen LogP contribution in [0.4, 0.5) is 0 Å². The van der Waals surface area contributed by atoms with Crippen molar-refractivity contribution in [2.75, 3.05) is 13.1 Å². The summed E-state index contributed by atoms with van der Waals surface area (Å²) in [5, 5.41) is 4.63. The zero-order chi connectivity index (χ0) is 14.4. The van der Waals surface area contributed by atoms with E-state index in [1.54, 1.807) is 13.0 Å². The monoisotopic (exact) mass is 309 g/mol. The topological polar surface area (TPSA) is 29.1 Å². The van der Waals surface area contributed by atoms with Crippen LogP contribution in [0.2, 0.25) is 10.0 Å². The van der Waals surface area contributed by atoms with Gasteiger partial charge in [-0.3, -0.25) is 4.79 Å². The highest BCUT2D eigenvalue weighted by Gasteiger charge is 2.67. The maximum Gasteiger partial charge on any atom is 0.152 e. The molecule has 0 spiro atoms. The van der Waals surface area contributed by atoms with Crippen LogP contribution in [0.15, 0.2) is 30.4 Å². The van der Waals surface area contributed by atoms with Crippen LogP contribution in [-0.4, -0.2) is 18.9 Å². The molecule has 2 aliphatic rings. The molecule has 20 heavy (non-hydrogen) atoms. The van der Waals surface area contributed by atoms with Gasteiger partial charge in [0, 0.05) is 17.4 Å². The second-order valence-corrected chi connectivity index (χ2v) is 6.73. The molecule has 0 aromatic heterocycles. The maximum absolute atomic E-state index is 11.2. The molecule has 106 valence electrons. The van der Waals surface area contributed by atoms with Gasteiger partial charge in [0.25, 0.3) is 0 Å². The third-order valence-electron chi connectivity index (χ3n) is 4.72. The van der Waals surface area contributed by atoms with Gasteiger partial charge in [0.15, 0.2) is 5.78 Å². The molecule has 2 fully saturated rings. The van der Waals surface area contributed by atoms with Crippen molar-refractivity contribution in [2.24, 2.45) is 5.41 Å². The number of nitrogens with one attached hydrogen (secondary N) is 1. The van der Waals surface area contributed by atoms with E-state index in [0.29, 0.717) is 10.0 Å². The third-order valence-corrected chi connectivity index (χ3v) is 5.46. The van der Waals surface area contributed by atoms with Gasteiger partial charge >= 0.3 is 0 Å².